The van der Waals surface area contributed by atoms with Crippen LogP contribution in [0.3, 0.4) is 0 Å². The topological polar surface area (TPSA) is 46.4 Å². The molecule has 4 aromatic rings. The predicted molar refractivity (Wildman–Crippen MR) is 97.6 cm³/mol. The van der Waals surface area contributed by atoms with E-state index in [4.69, 9.17) is 4.98 Å². The van der Waals surface area contributed by atoms with Crippen molar-refractivity contribution in [1.82, 2.24) is 9.38 Å². The van der Waals surface area contributed by atoms with Crippen molar-refractivity contribution < 1.29 is 4.79 Å². The average molecular weight is 333 g/mol. The maximum atomic E-state index is 12.6. The molecule has 0 spiro atoms. The Morgan fingerprint density at radius 1 is 1.08 bits per heavy atom. The van der Waals surface area contributed by atoms with Gasteiger partial charge in [-0.2, -0.15) is 0 Å². The predicted octanol–water partition coefficient (Wildman–Crippen LogP) is 4.62. The van der Waals surface area contributed by atoms with E-state index in [0.29, 0.717) is 11.4 Å². The second-order valence-corrected chi connectivity index (χ2v) is 6.44. The summed E-state index contributed by atoms with van der Waals surface area (Å²) in [6.45, 7) is 2.02. The molecule has 0 atom stereocenters. The summed E-state index contributed by atoms with van der Waals surface area (Å²) in [7, 11) is 0. The number of fused-ring (bicyclic) bond motifs is 1. The maximum absolute atomic E-state index is 12.6. The van der Waals surface area contributed by atoms with Crippen molar-refractivity contribution in [2.75, 3.05) is 5.32 Å². The number of nitrogens with zero attached hydrogens (tertiary/aromatic N) is 2. The van der Waals surface area contributed by atoms with Crippen LogP contribution >= 0.6 is 11.3 Å². The third-order valence-electron chi connectivity index (χ3n) is 3.87. The number of thiophene rings is 1. The Morgan fingerprint density at radius 3 is 2.67 bits per heavy atom. The zero-order chi connectivity index (χ0) is 16.5. The highest BCUT2D eigenvalue weighted by Crippen LogP contribution is 2.33. The normalized spacial score (nSPS) is 10.9. The van der Waals surface area contributed by atoms with E-state index in [2.05, 4.69) is 5.32 Å². The lowest BCUT2D eigenvalue weighted by atomic mass is 10.2. The van der Waals surface area contributed by atoms with E-state index in [9.17, 15) is 4.79 Å². The van der Waals surface area contributed by atoms with Gasteiger partial charge in [0, 0.05) is 11.8 Å². The van der Waals surface area contributed by atoms with E-state index in [1.54, 1.807) is 23.5 Å². The van der Waals surface area contributed by atoms with Gasteiger partial charge in [0.25, 0.3) is 5.91 Å². The van der Waals surface area contributed by atoms with Gasteiger partial charge in [0.15, 0.2) is 0 Å². The Labute approximate surface area is 143 Å². The molecule has 1 aromatic carbocycles. The van der Waals surface area contributed by atoms with Gasteiger partial charge in [0.05, 0.1) is 4.88 Å². The molecule has 4 rings (SSSR count). The summed E-state index contributed by atoms with van der Waals surface area (Å²) in [4.78, 5) is 18.4. The minimum atomic E-state index is -0.142. The van der Waals surface area contributed by atoms with Gasteiger partial charge < -0.3 is 5.32 Å². The number of aromatic nitrogens is 2. The first kappa shape index (κ1) is 14.7. The number of carbonyl (C=O) groups is 1. The van der Waals surface area contributed by atoms with Crippen LogP contribution in [0.4, 0.5) is 5.82 Å². The van der Waals surface area contributed by atoms with E-state index >= 15 is 0 Å². The Kier molecular flexibility index (Phi) is 3.63. The van der Waals surface area contributed by atoms with E-state index in [1.165, 1.54) is 0 Å². The van der Waals surface area contributed by atoms with Gasteiger partial charge in [-0.3, -0.25) is 9.20 Å². The van der Waals surface area contributed by atoms with E-state index in [0.717, 1.165) is 21.8 Å². The van der Waals surface area contributed by atoms with Crippen LogP contribution in [0.5, 0.6) is 0 Å². The molecule has 3 aromatic heterocycles. The second kappa shape index (κ2) is 5.94. The Balaban J connectivity index is 1.85. The molecule has 0 aliphatic rings. The van der Waals surface area contributed by atoms with Crippen molar-refractivity contribution in [3.63, 3.8) is 0 Å². The lowest BCUT2D eigenvalue weighted by Crippen LogP contribution is -2.13. The third kappa shape index (κ3) is 2.49. The van der Waals surface area contributed by atoms with Crippen LogP contribution in [-0.4, -0.2) is 15.3 Å². The molecule has 5 heteroatoms. The minimum Gasteiger partial charge on any atom is -0.306 e. The number of anilines is 1. The number of nitrogens with one attached hydrogen (secondary N) is 1. The molecule has 118 valence electrons. The summed E-state index contributed by atoms with van der Waals surface area (Å²) < 4.78 is 1.94. The molecule has 0 radical (unpaired) electrons. The molecule has 4 nitrogen and oxygen atoms in total. The number of aryl methyl sites for hydroxylation is 1. The number of imidazole rings is 1. The quantitative estimate of drug-likeness (QED) is 0.594. The average Bonchev–Trinajstić information content (AvgIpc) is 3.25. The van der Waals surface area contributed by atoms with Gasteiger partial charge in [-0.15, -0.1) is 11.3 Å². The molecule has 0 saturated heterocycles. The van der Waals surface area contributed by atoms with Crippen molar-refractivity contribution in [3.8, 4) is 10.6 Å². The Hall–Kier alpha value is -2.92. The molecule has 0 aliphatic carbocycles. The first-order chi connectivity index (χ1) is 11.7. The molecule has 0 saturated carbocycles. The highest BCUT2D eigenvalue weighted by Gasteiger charge is 2.18. The largest absolute Gasteiger partial charge is 0.306 e. The number of carbonyl (C=O) groups excluding carboxylic acids is 1. The summed E-state index contributed by atoms with van der Waals surface area (Å²) in [6.07, 6.45) is 1.92. The summed E-state index contributed by atoms with van der Waals surface area (Å²) >= 11 is 1.61. The molecule has 0 unspecified atom stereocenters. The highest BCUT2D eigenvalue weighted by atomic mass is 32.1. The lowest BCUT2D eigenvalue weighted by molar-refractivity contribution is 0.102. The Morgan fingerprint density at radius 2 is 1.92 bits per heavy atom. The van der Waals surface area contributed by atoms with Crippen LogP contribution in [0, 0.1) is 6.92 Å². The molecular formula is C19H15N3OS. The molecule has 0 bridgehead atoms. The maximum Gasteiger partial charge on any atom is 0.256 e. The fourth-order valence-electron chi connectivity index (χ4n) is 2.68. The van der Waals surface area contributed by atoms with Gasteiger partial charge in [-0.25, -0.2) is 4.98 Å². The molecular weight excluding hydrogens is 318 g/mol. The number of hydrogen-bond acceptors (Lipinski definition) is 3. The summed E-state index contributed by atoms with van der Waals surface area (Å²) in [5.74, 6) is 0.557. The van der Waals surface area contributed by atoms with Crippen molar-refractivity contribution in [2.24, 2.45) is 0 Å². The van der Waals surface area contributed by atoms with E-state index in [1.807, 2.05) is 65.4 Å². The van der Waals surface area contributed by atoms with E-state index < -0.39 is 0 Å². The van der Waals surface area contributed by atoms with Gasteiger partial charge in [-0.05, 0) is 42.1 Å². The van der Waals surface area contributed by atoms with Crippen LogP contribution in [0.1, 0.15) is 15.9 Å². The van der Waals surface area contributed by atoms with Crippen molar-refractivity contribution in [3.05, 3.63) is 77.3 Å². The fourth-order valence-corrected chi connectivity index (χ4v) is 3.39. The highest BCUT2D eigenvalue weighted by molar-refractivity contribution is 7.13. The number of benzene rings is 1. The van der Waals surface area contributed by atoms with Crippen molar-refractivity contribution in [1.29, 1.82) is 0 Å². The summed E-state index contributed by atoms with van der Waals surface area (Å²) in [5, 5.41) is 5.04. The smallest absolute Gasteiger partial charge is 0.256 e. The first-order valence-electron chi connectivity index (χ1n) is 7.62. The second-order valence-electron chi connectivity index (χ2n) is 5.49. The van der Waals surface area contributed by atoms with Crippen LogP contribution in [-0.2, 0) is 0 Å². The Bertz CT molecular complexity index is 1000. The van der Waals surface area contributed by atoms with Gasteiger partial charge in [0.2, 0.25) is 0 Å². The van der Waals surface area contributed by atoms with Crippen LogP contribution in [0.25, 0.3) is 16.2 Å². The first-order valence-corrected chi connectivity index (χ1v) is 8.50. The van der Waals surface area contributed by atoms with Crippen LogP contribution < -0.4 is 5.32 Å². The fraction of sp³-hybridized carbons (Fsp3) is 0.0526. The molecule has 1 amide bonds. The van der Waals surface area contributed by atoms with Gasteiger partial charge in [0.1, 0.15) is 17.2 Å². The number of hydrogen-bond donors (Lipinski definition) is 1. The number of amides is 1. The molecule has 0 aliphatic heterocycles. The summed E-state index contributed by atoms with van der Waals surface area (Å²) in [6, 6.07) is 17.2. The van der Waals surface area contributed by atoms with E-state index in [-0.39, 0.29) is 5.91 Å². The standard InChI is InChI=1S/C19H15N3OS/c1-13-7-5-11-22-17(13)20-16(15-10-6-12-24-15)18(22)21-19(23)14-8-3-2-4-9-14/h2-12H,1H3,(H,21,23). The monoisotopic (exact) mass is 333 g/mol. The number of pyridine rings is 1. The number of rotatable bonds is 3. The van der Waals surface area contributed by atoms with Gasteiger partial charge in [-0.1, -0.05) is 30.3 Å². The van der Waals surface area contributed by atoms with Gasteiger partial charge >= 0.3 is 0 Å². The molecule has 3 heterocycles. The molecule has 0 fully saturated rings. The van der Waals surface area contributed by atoms with Crippen molar-refractivity contribution in [2.45, 2.75) is 6.92 Å². The zero-order valence-corrected chi connectivity index (χ0v) is 13.9. The van der Waals surface area contributed by atoms with Crippen molar-refractivity contribution >= 4 is 28.7 Å². The lowest BCUT2D eigenvalue weighted by Gasteiger charge is -2.07. The zero-order valence-electron chi connectivity index (χ0n) is 13.1. The summed E-state index contributed by atoms with van der Waals surface area (Å²) in [5.41, 5.74) is 3.33. The van der Waals surface area contributed by atoms with Crippen LogP contribution in [0.15, 0.2) is 66.2 Å². The molecule has 1 N–H and O–H groups in total. The third-order valence-corrected chi connectivity index (χ3v) is 4.74. The minimum absolute atomic E-state index is 0.142. The molecule has 24 heavy (non-hydrogen) atoms. The van der Waals surface area contributed by atoms with Crippen LogP contribution in [0.2, 0.25) is 0 Å². The SMILES string of the molecule is Cc1cccn2c(NC(=O)c3ccccc3)c(-c3cccs3)nc12.